The van der Waals surface area contributed by atoms with Gasteiger partial charge in [-0.3, -0.25) is 4.79 Å². The highest BCUT2D eigenvalue weighted by atomic mass is 32.2. The van der Waals surface area contributed by atoms with Gasteiger partial charge in [0.05, 0.1) is 24.2 Å². The third-order valence-electron chi connectivity index (χ3n) is 5.47. The second kappa shape index (κ2) is 9.58. The Kier molecular flexibility index (Phi) is 6.78. The molecule has 1 aliphatic rings. The number of allylic oxidation sites excluding steroid dienone is 1. The summed E-state index contributed by atoms with van der Waals surface area (Å²) in [4.78, 5) is 13.0. The molecule has 174 valence electrons. The topological polar surface area (TPSA) is 141 Å². The summed E-state index contributed by atoms with van der Waals surface area (Å²) in [7, 11) is 0. The summed E-state index contributed by atoms with van der Waals surface area (Å²) < 4.78 is 11.1. The van der Waals surface area contributed by atoms with Crippen LogP contribution < -0.4 is 4.74 Å². The van der Waals surface area contributed by atoms with E-state index in [-0.39, 0.29) is 17.1 Å². The molecule has 0 saturated carbocycles. The number of benzene rings is 2. The highest BCUT2D eigenvalue weighted by Gasteiger charge is 2.44. The molecular formula is C24H24O8S. The van der Waals surface area contributed by atoms with Crippen LogP contribution in [-0.2, 0) is 0 Å². The molecule has 2 aromatic carbocycles. The number of aliphatic hydroxyl groups is 4. The van der Waals surface area contributed by atoms with Crippen molar-refractivity contribution in [2.45, 2.75) is 35.9 Å². The second-order valence-corrected chi connectivity index (χ2v) is 9.23. The molecule has 33 heavy (non-hydrogen) atoms. The SMILES string of the molecule is Cc1cc(O)c(C(=O)/C=C/c2ccc3occc3c2)c(O[C@@H]2S[C@H](CO)[C@@H](O)[C@H](O)[C@H]2O)c1. The van der Waals surface area contributed by atoms with Crippen LogP contribution in [0.15, 0.2) is 53.2 Å². The van der Waals surface area contributed by atoms with Crippen LogP contribution in [0.2, 0.25) is 0 Å². The molecule has 9 heteroatoms. The van der Waals surface area contributed by atoms with Gasteiger partial charge < -0.3 is 34.7 Å². The molecule has 5 atom stereocenters. The van der Waals surface area contributed by atoms with Crippen molar-refractivity contribution in [3.63, 3.8) is 0 Å². The lowest BCUT2D eigenvalue weighted by molar-refractivity contribution is -0.0910. The number of phenols is 1. The van der Waals surface area contributed by atoms with Gasteiger partial charge in [-0.1, -0.05) is 12.1 Å². The number of ether oxygens (including phenoxy) is 1. The number of phenolic OH excluding ortho intramolecular Hbond substituents is 1. The number of carbonyl (C=O) groups is 1. The van der Waals surface area contributed by atoms with Gasteiger partial charge >= 0.3 is 0 Å². The Bertz CT molecular complexity index is 1180. The summed E-state index contributed by atoms with van der Waals surface area (Å²) in [5.41, 5.74) is 0.911. The van der Waals surface area contributed by atoms with Crippen molar-refractivity contribution in [1.82, 2.24) is 0 Å². The van der Waals surface area contributed by atoms with Gasteiger partial charge in [0, 0.05) is 5.39 Å². The van der Waals surface area contributed by atoms with Gasteiger partial charge in [-0.25, -0.2) is 0 Å². The molecule has 1 aromatic heterocycles. The number of fused-ring (bicyclic) bond motifs is 1. The number of hydrogen-bond donors (Lipinski definition) is 5. The highest BCUT2D eigenvalue weighted by molar-refractivity contribution is 8.00. The van der Waals surface area contributed by atoms with Crippen LogP contribution in [0.4, 0.5) is 0 Å². The highest BCUT2D eigenvalue weighted by Crippen LogP contribution is 2.38. The number of thioether (sulfide) groups is 1. The van der Waals surface area contributed by atoms with E-state index >= 15 is 0 Å². The first-order chi connectivity index (χ1) is 15.8. The van der Waals surface area contributed by atoms with E-state index in [4.69, 9.17) is 9.15 Å². The number of furan rings is 1. The third-order valence-corrected chi connectivity index (χ3v) is 6.89. The van der Waals surface area contributed by atoms with Gasteiger partial charge in [0.15, 0.2) is 11.2 Å². The molecule has 0 aliphatic carbocycles. The summed E-state index contributed by atoms with van der Waals surface area (Å²) in [5, 5.41) is 50.5. The lowest BCUT2D eigenvalue weighted by Crippen LogP contribution is -2.55. The van der Waals surface area contributed by atoms with Crippen molar-refractivity contribution < 1.29 is 39.5 Å². The number of aromatic hydroxyl groups is 1. The summed E-state index contributed by atoms with van der Waals surface area (Å²) >= 11 is 0.939. The maximum absolute atomic E-state index is 13.0. The minimum Gasteiger partial charge on any atom is -0.507 e. The molecule has 0 radical (unpaired) electrons. The lowest BCUT2D eigenvalue weighted by Gasteiger charge is -2.39. The fourth-order valence-corrected chi connectivity index (χ4v) is 4.94. The van der Waals surface area contributed by atoms with E-state index in [9.17, 15) is 30.3 Å². The number of rotatable bonds is 6. The minimum absolute atomic E-state index is 0.0178. The van der Waals surface area contributed by atoms with Crippen LogP contribution >= 0.6 is 11.8 Å². The van der Waals surface area contributed by atoms with Gasteiger partial charge in [0.1, 0.15) is 34.9 Å². The Morgan fingerprint density at radius 2 is 1.91 bits per heavy atom. The molecule has 0 unspecified atom stereocenters. The molecule has 1 aliphatic heterocycles. The van der Waals surface area contributed by atoms with Gasteiger partial charge in [0.2, 0.25) is 0 Å². The van der Waals surface area contributed by atoms with Crippen LogP contribution in [-0.4, -0.2) is 66.9 Å². The lowest BCUT2D eigenvalue weighted by atomic mass is 10.0. The Labute approximate surface area is 193 Å². The van der Waals surface area contributed by atoms with E-state index in [0.717, 1.165) is 28.3 Å². The molecule has 2 heterocycles. The molecule has 8 nitrogen and oxygen atoms in total. The fraction of sp³-hybridized carbons (Fsp3) is 0.292. The number of ketones is 1. The van der Waals surface area contributed by atoms with Crippen molar-refractivity contribution in [2.75, 3.05) is 6.61 Å². The number of aryl methyl sites for hydroxylation is 1. The maximum Gasteiger partial charge on any atom is 0.193 e. The zero-order valence-electron chi connectivity index (χ0n) is 17.7. The Morgan fingerprint density at radius 3 is 2.67 bits per heavy atom. The first kappa shape index (κ1) is 23.3. The van der Waals surface area contributed by atoms with E-state index in [0.29, 0.717) is 5.56 Å². The van der Waals surface area contributed by atoms with E-state index in [1.807, 2.05) is 12.1 Å². The average Bonchev–Trinajstić information content (AvgIpc) is 3.25. The average molecular weight is 473 g/mol. The van der Waals surface area contributed by atoms with Crippen molar-refractivity contribution in [1.29, 1.82) is 0 Å². The van der Waals surface area contributed by atoms with E-state index in [2.05, 4.69) is 0 Å². The molecule has 1 fully saturated rings. The molecule has 3 aromatic rings. The van der Waals surface area contributed by atoms with Gasteiger partial charge in [-0.15, -0.1) is 11.8 Å². The van der Waals surface area contributed by atoms with Crippen LogP contribution in [0.1, 0.15) is 21.5 Å². The first-order valence-corrected chi connectivity index (χ1v) is 11.2. The summed E-state index contributed by atoms with van der Waals surface area (Å²) in [5.74, 6) is -0.798. The number of hydrogen-bond acceptors (Lipinski definition) is 9. The zero-order valence-corrected chi connectivity index (χ0v) is 18.5. The van der Waals surface area contributed by atoms with Crippen LogP contribution in [0.3, 0.4) is 0 Å². The van der Waals surface area contributed by atoms with E-state index < -0.39 is 41.4 Å². The van der Waals surface area contributed by atoms with Crippen molar-refractivity contribution >= 4 is 34.6 Å². The van der Waals surface area contributed by atoms with Crippen molar-refractivity contribution in [3.05, 3.63) is 65.4 Å². The maximum atomic E-state index is 13.0. The van der Waals surface area contributed by atoms with E-state index in [1.165, 1.54) is 18.2 Å². The van der Waals surface area contributed by atoms with Crippen LogP contribution in [0.5, 0.6) is 11.5 Å². The Morgan fingerprint density at radius 1 is 1.12 bits per heavy atom. The number of aliphatic hydroxyl groups excluding tert-OH is 4. The predicted octanol–water partition coefficient (Wildman–Crippen LogP) is 2.24. The minimum atomic E-state index is -1.54. The molecular weight excluding hydrogens is 448 g/mol. The summed E-state index contributed by atoms with van der Waals surface area (Å²) in [6.07, 6.45) is 0.130. The monoisotopic (exact) mass is 472 g/mol. The zero-order chi connectivity index (χ0) is 23.7. The number of carbonyl (C=O) groups excluding carboxylic acids is 1. The largest absolute Gasteiger partial charge is 0.507 e. The summed E-state index contributed by atoms with van der Waals surface area (Å²) in [6, 6.07) is 10.2. The standard InChI is InChI=1S/C24H24O8S/c1-12-8-16(27)20(15(26)4-2-13-3-5-17-14(10-13)6-7-31-17)18(9-12)32-24-23(30)22(29)21(28)19(11-25)33-24/h2-10,19,21-25,27-30H,11H2,1H3/b4-2+/t19-,21-,22+,23-,24-/m1/s1. The molecule has 0 bridgehead atoms. The molecule has 4 rings (SSSR count). The quantitative estimate of drug-likeness (QED) is 0.270. The molecule has 0 amide bonds. The van der Waals surface area contributed by atoms with E-state index in [1.54, 1.807) is 31.4 Å². The van der Waals surface area contributed by atoms with Gasteiger partial charge in [-0.2, -0.15) is 0 Å². The first-order valence-electron chi connectivity index (χ1n) is 10.3. The fourth-order valence-electron chi connectivity index (χ4n) is 3.71. The summed E-state index contributed by atoms with van der Waals surface area (Å²) in [6.45, 7) is 1.26. The van der Waals surface area contributed by atoms with Crippen molar-refractivity contribution in [2.24, 2.45) is 0 Å². The third kappa shape index (κ3) is 4.78. The van der Waals surface area contributed by atoms with Crippen LogP contribution in [0.25, 0.3) is 17.0 Å². The van der Waals surface area contributed by atoms with Gasteiger partial charge in [-0.05, 0) is 54.5 Å². The normalized spacial score (nSPS) is 25.5. The molecule has 5 N–H and O–H groups in total. The Hall–Kier alpha value is -2.82. The van der Waals surface area contributed by atoms with Gasteiger partial charge in [0.25, 0.3) is 0 Å². The Balaban J connectivity index is 1.61. The predicted molar refractivity (Wildman–Crippen MR) is 123 cm³/mol. The molecule has 0 spiro atoms. The molecule has 1 saturated heterocycles. The smallest absolute Gasteiger partial charge is 0.193 e. The second-order valence-electron chi connectivity index (χ2n) is 7.89. The van der Waals surface area contributed by atoms with Crippen molar-refractivity contribution in [3.8, 4) is 11.5 Å². The van der Waals surface area contributed by atoms with Crippen LogP contribution in [0, 0.1) is 6.92 Å².